The van der Waals surface area contributed by atoms with Gasteiger partial charge in [0.1, 0.15) is 11.4 Å². The van der Waals surface area contributed by atoms with Crippen molar-refractivity contribution >= 4 is 0 Å². The Labute approximate surface area is 120 Å². The van der Waals surface area contributed by atoms with E-state index in [1.807, 2.05) is 18.3 Å². The highest BCUT2D eigenvalue weighted by atomic mass is 16.5. The Hall–Kier alpha value is -1.17. The fourth-order valence-corrected chi connectivity index (χ4v) is 3.42. The van der Waals surface area contributed by atoms with Gasteiger partial charge in [-0.2, -0.15) is 0 Å². The number of pyridine rings is 1. The smallest absolute Gasteiger partial charge is 0.142 e. The van der Waals surface area contributed by atoms with Crippen LogP contribution >= 0.6 is 0 Å². The maximum atomic E-state index is 5.51. The van der Waals surface area contributed by atoms with Gasteiger partial charge in [0.05, 0.1) is 13.2 Å². The zero-order valence-electron chi connectivity index (χ0n) is 12.4. The molecule has 5 nitrogen and oxygen atoms in total. The van der Waals surface area contributed by atoms with Crippen LogP contribution in [0.25, 0.3) is 0 Å². The van der Waals surface area contributed by atoms with Gasteiger partial charge in [-0.3, -0.25) is 14.8 Å². The van der Waals surface area contributed by atoms with Crippen LogP contribution in [0.5, 0.6) is 5.75 Å². The molecule has 4 heterocycles. The quantitative estimate of drug-likeness (QED) is 0.859. The van der Waals surface area contributed by atoms with Crippen LogP contribution in [0.2, 0.25) is 0 Å². The molecular weight excluding hydrogens is 252 g/mol. The zero-order chi connectivity index (χ0) is 13.9. The number of aromatic nitrogens is 1. The number of methoxy groups -OCH3 is 1. The molecule has 1 aromatic rings. The number of nitrogens with zero attached hydrogens (tertiary/aromatic N) is 3. The van der Waals surface area contributed by atoms with E-state index in [0.29, 0.717) is 6.04 Å². The zero-order valence-corrected chi connectivity index (χ0v) is 12.4. The summed E-state index contributed by atoms with van der Waals surface area (Å²) in [4.78, 5) is 9.75. The van der Waals surface area contributed by atoms with E-state index in [-0.39, 0.29) is 6.04 Å². The first-order valence-electron chi connectivity index (χ1n) is 7.52. The van der Waals surface area contributed by atoms with Gasteiger partial charge in [-0.25, -0.2) is 0 Å². The van der Waals surface area contributed by atoms with Crippen LogP contribution in [-0.2, 0) is 0 Å². The molecule has 2 atom stereocenters. The van der Waals surface area contributed by atoms with E-state index in [0.717, 1.165) is 24.5 Å². The van der Waals surface area contributed by atoms with Crippen LogP contribution in [0.15, 0.2) is 18.3 Å². The fourth-order valence-electron chi connectivity index (χ4n) is 3.42. The first-order chi connectivity index (χ1) is 9.83. The van der Waals surface area contributed by atoms with Gasteiger partial charge in [0.2, 0.25) is 0 Å². The molecule has 0 amide bonds. The van der Waals surface area contributed by atoms with Gasteiger partial charge in [-0.15, -0.1) is 0 Å². The van der Waals surface area contributed by atoms with E-state index < -0.39 is 0 Å². The van der Waals surface area contributed by atoms with E-state index >= 15 is 0 Å². The molecule has 0 radical (unpaired) electrons. The Morgan fingerprint density at radius 3 is 2.80 bits per heavy atom. The molecule has 110 valence electrons. The molecule has 3 saturated heterocycles. The van der Waals surface area contributed by atoms with Crippen molar-refractivity contribution in [1.82, 2.24) is 20.1 Å². The summed E-state index contributed by atoms with van der Waals surface area (Å²) in [6.45, 7) is 8.96. The fraction of sp³-hybridized carbons (Fsp3) is 0.667. The summed E-state index contributed by atoms with van der Waals surface area (Å²) < 4.78 is 5.51. The molecule has 20 heavy (non-hydrogen) atoms. The van der Waals surface area contributed by atoms with Gasteiger partial charge in [-0.1, -0.05) is 6.92 Å². The third kappa shape index (κ3) is 2.53. The molecule has 3 aliphatic rings. The second-order valence-corrected chi connectivity index (χ2v) is 5.53. The number of fused-ring (bicyclic) bond motifs is 3. The van der Waals surface area contributed by atoms with Gasteiger partial charge in [0.15, 0.2) is 0 Å². The van der Waals surface area contributed by atoms with Crippen molar-refractivity contribution in [1.29, 1.82) is 0 Å². The monoisotopic (exact) mass is 276 g/mol. The number of likely N-dealkylation sites (N-methyl/N-ethyl adjacent to an activating group) is 1. The van der Waals surface area contributed by atoms with Crippen LogP contribution < -0.4 is 10.1 Å². The summed E-state index contributed by atoms with van der Waals surface area (Å²) in [7, 11) is 1.72. The average Bonchev–Trinajstić information content (AvgIpc) is 2.53. The van der Waals surface area contributed by atoms with Crippen LogP contribution in [0, 0.1) is 0 Å². The van der Waals surface area contributed by atoms with Crippen molar-refractivity contribution < 1.29 is 4.74 Å². The molecule has 3 aliphatic heterocycles. The highest BCUT2D eigenvalue weighted by Gasteiger charge is 2.38. The van der Waals surface area contributed by atoms with E-state index in [2.05, 4.69) is 27.0 Å². The van der Waals surface area contributed by atoms with Crippen molar-refractivity contribution in [2.24, 2.45) is 0 Å². The minimum absolute atomic E-state index is 0.235. The number of ether oxygens (including phenoxy) is 1. The molecule has 1 aromatic heterocycles. The Morgan fingerprint density at radius 2 is 2.20 bits per heavy atom. The summed E-state index contributed by atoms with van der Waals surface area (Å²) >= 11 is 0. The number of hydrogen-bond donors (Lipinski definition) is 1. The minimum Gasteiger partial charge on any atom is -0.495 e. The van der Waals surface area contributed by atoms with Crippen LogP contribution in [0.3, 0.4) is 0 Å². The highest BCUT2D eigenvalue weighted by Crippen LogP contribution is 2.30. The van der Waals surface area contributed by atoms with Crippen molar-refractivity contribution in [2.75, 3.05) is 46.4 Å². The molecular formula is C15H24N4O. The first-order valence-corrected chi connectivity index (χ1v) is 7.52. The van der Waals surface area contributed by atoms with Crippen LogP contribution in [0.1, 0.15) is 18.7 Å². The van der Waals surface area contributed by atoms with Gasteiger partial charge in [0, 0.05) is 45.0 Å². The predicted octanol–water partition coefficient (Wildman–Crippen LogP) is 0.741. The standard InChI is InChI=1S/C15H24N4O/c1-3-16-14(15-13(20-2)5-4-6-17-15)12-11-18-7-9-19(12)10-8-18/h4-6,12,14,16H,3,7-11H2,1-2H3. The predicted molar refractivity (Wildman–Crippen MR) is 79.0 cm³/mol. The Balaban J connectivity index is 1.88. The molecule has 0 spiro atoms. The topological polar surface area (TPSA) is 40.6 Å². The lowest BCUT2D eigenvalue weighted by atomic mass is 9.96. The molecule has 2 bridgehead atoms. The van der Waals surface area contributed by atoms with E-state index in [4.69, 9.17) is 4.74 Å². The molecule has 1 N–H and O–H groups in total. The maximum absolute atomic E-state index is 5.51. The SMILES string of the molecule is CCNC(c1ncccc1OC)C1CN2CCN1CC2. The number of hydrogen-bond acceptors (Lipinski definition) is 5. The van der Waals surface area contributed by atoms with Gasteiger partial charge in [0.25, 0.3) is 0 Å². The molecule has 4 rings (SSSR count). The van der Waals surface area contributed by atoms with Gasteiger partial charge in [-0.05, 0) is 18.7 Å². The molecule has 2 unspecified atom stereocenters. The third-order valence-electron chi connectivity index (χ3n) is 4.44. The first kappa shape index (κ1) is 13.8. The Bertz CT molecular complexity index is 445. The van der Waals surface area contributed by atoms with E-state index in [1.165, 1.54) is 26.2 Å². The second-order valence-electron chi connectivity index (χ2n) is 5.53. The summed E-state index contributed by atoms with van der Waals surface area (Å²) in [6.07, 6.45) is 1.86. The Morgan fingerprint density at radius 1 is 1.40 bits per heavy atom. The molecule has 5 heteroatoms. The lowest BCUT2D eigenvalue weighted by Gasteiger charge is -2.50. The largest absolute Gasteiger partial charge is 0.495 e. The summed E-state index contributed by atoms with van der Waals surface area (Å²) in [5.74, 6) is 0.885. The van der Waals surface area contributed by atoms with Crippen molar-refractivity contribution in [3.8, 4) is 5.75 Å². The summed E-state index contributed by atoms with van der Waals surface area (Å²) in [5.41, 5.74) is 1.04. The lowest BCUT2D eigenvalue weighted by molar-refractivity contribution is -0.00440. The van der Waals surface area contributed by atoms with Crippen molar-refractivity contribution in [3.05, 3.63) is 24.0 Å². The maximum Gasteiger partial charge on any atom is 0.142 e. The van der Waals surface area contributed by atoms with Crippen molar-refractivity contribution in [3.63, 3.8) is 0 Å². The highest BCUT2D eigenvalue weighted by molar-refractivity contribution is 5.31. The molecule has 3 fully saturated rings. The van der Waals surface area contributed by atoms with Crippen LogP contribution in [0.4, 0.5) is 0 Å². The molecule has 0 aliphatic carbocycles. The lowest BCUT2D eigenvalue weighted by Crippen LogP contribution is -2.64. The minimum atomic E-state index is 0.235. The molecule has 0 aromatic carbocycles. The van der Waals surface area contributed by atoms with Gasteiger partial charge < -0.3 is 10.1 Å². The molecule has 0 saturated carbocycles. The third-order valence-corrected chi connectivity index (χ3v) is 4.44. The normalized spacial score (nSPS) is 30.2. The number of rotatable bonds is 5. The Kier molecular flexibility index (Phi) is 4.19. The number of nitrogens with one attached hydrogen (secondary N) is 1. The van der Waals surface area contributed by atoms with Gasteiger partial charge >= 0.3 is 0 Å². The summed E-state index contributed by atoms with van der Waals surface area (Å²) in [6, 6.07) is 4.66. The number of piperazine rings is 3. The van der Waals surface area contributed by atoms with E-state index in [1.54, 1.807) is 7.11 Å². The van der Waals surface area contributed by atoms with E-state index in [9.17, 15) is 0 Å². The van der Waals surface area contributed by atoms with Crippen molar-refractivity contribution in [2.45, 2.75) is 19.0 Å². The average molecular weight is 276 g/mol. The second kappa shape index (κ2) is 6.08. The van der Waals surface area contributed by atoms with Crippen LogP contribution in [-0.4, -0.2) is 67.2 Å². The summed E-state index contributed by atoms with van der Waals surface area (Å²) in [5, 5.41) is 3.62.